The second-order valence-electron chi connectivity index (χ2n) is 6.34. The van der Waals surface area contributed by atoms with Crippen LogP contribution in [-0.4, -0.2) is 49.7 Å². The maximum absolute atomic E-state index is 12.2. The van der Waals surface area contributed by atoms with E-state index in [4.69, 9.17) is 9.47 Å². The Morgan fingerprint density at radius 3 is 2.82 bits per heavy atom. The summed E-state index contributed by atoms with van der Waals surface area (Å²) >= 11 is 1.34. The summed E-state index contributed by atoms with van der Waals surface area (Å²) in [7, 11) is 1.61. The number of carbonyl (C=O) groups excluding carboxylic acids is 2. The lowest BCUT2D eigenvalue weighted by atomic mass is 10.2. The molecular weight excluding hydrogens is 380 g/mol. The molecule has 1 saturated heterocycles. The van der Waals surface area contributed by atoms with Crippen LogP contribution in [-0.2, 0) is 9.53 Å². The highest BCUT2D eigenvalue weighted by molar-refractivity contribution is 7.14. The lowest BCUT2D eigenvalue weighted by Crippen LogP contribution is -2.34. The standard InChI is InChI=1S/C19H24N4O4S/c1-26-14-6-4-13(5-7-14)22-19-23-16(12-28-19)18(25)20-9-8-17(24)21-11-15-3-2-10-27-15/h4-7,12,15H,2-3,8-11H2,1H3,(H,20,25)(H,21,24)(H,22,23). The van der Waals surface area contributed by atoms with E-state index < -0.39 is 0 Å². The van der Waals surface area contributed by atoms with E-state index in [1.165, 1.54) is 11.3 Å². The fraction of sp³-hybridized carbons (Fsp3) is 0.421. The van der Waals surface area contributed by atoms with Gasteiger partial charge in [-0.1, -0.05) is 0 Å². The zero-order valence-electron chi connectivity index (χ0n) is 15.7. The fourth-order valence-electron chi connectivity index (χ4n) is 2.73. The molecule has 1 aliphatic rings. The molecule has 0 radical (unpaired) electrons. The van der Waals surface area contributed by atoms with Gasteiger partial charge in [0.1, 0.15) is 11.4 Å². The molecule has 0 bridgehead atoms. The maximum Gasteiger partial charge on any atom is 0.270 e. The van der Waals surface area contributed by atoms with Crippen molar-refractivity contribution in [1.29, 1.82) is 0 Å². The van der Waals surface area contributed by atoms with Gasteiger partial charge in [0.2, 0.25) is 5.91 Å². The number of nitrogens with one attached hydrogen (secondary N) is 3. The minimum atomic E-state index is -0.300. The fourth-order valence-corrected chi connectivity index (χ4v) is 3.45. The summed E-state index contributed by atoms with van der Waals surface area (Å²) < 4.78 is 10.6. The van der Waals surface area contributed by atoms with Gasteiger partial charge >= 0.3 is 0 Å². The number of rotatable bonds is 9. The third kappa shape index (κ3) is 5.93. The van der Waals surface area contributed by atoms with Gasteiger partial charge in [0, 0.05) is 37.2 Å². The van der Waals surface area contributed by atoms with E-state index in [-0.39, 0.29) is 30.9 Å². The number of hydrogen-bond acceptors (Lipinski definition) is 7. The molecule has 28 heavy (non-hydrogen) atoms. The second-order valence-corrected chi connectivity index (χ2v) is 7.19. The molecule has 1 unspecified atom stereocenters. The van der Waals surface area contributed by atoms with Crippen molar-refractivity contribution in [2.45, 2.75) is 25.4 Å². The van der Waals surface area contributed by atoms with Gasteiger partial charge in [-0.2, -0.15) is 0 Å². The molecular formula is C19H24N4O4S. The zero-order valence-corrected chi connectivity index (χ0v) is 16.5. The first-order valence-corrected chi connectivity index (χ1v) is 10.0. The van der Waals surface area contributed by atoms with Crippen molar-refractivity contribution in [2.24, 2.45) is 0 Å². The van der Waals surface area contributed by atoms with Gasteiger partial charge in [-0.3, -0.25) is 9.59 Å². The Bertz CT molecular complexity index is 787. The first kappa shape index (κ1) is 20.1. The molecule has 8 nitrogen and oxygen atoms in total. The third-order valence-electron chi connectivity index (χ3n) is 4.27. The normalized spacial score (nSPS) is 15.8. The van der Waals surface area contributed by atoms with Crippen LogP contribution in [0.4, 0.5) is 10.8 Å². The van der Waals surface area contributed by atoms with Gasteiger partial charge in [-0.05, 0) is 37.1 Å². The van der Waals surface area contributed by atoms with E-state index in [9.17, 15) is 9.59 Å². The largest absolute Gasteiger partial charge is 0.497 e. The van der Waals surface area contributed by atoms with Crippen molar-refractivity contribution < 1.29 is 19.1 Å². The lowest BCUT2D eigenvalue weighted by Gasteiger charge is -2.10. The third-order valence-corrected chi connectivity index (χ3v) is 5.02. The topological polar surface area (TPSA) is 102 Å². The molecule has 1 aromatic heterocycles. The molecule has 3 rings (SSSR count). The monoisotopic (exact) mass is 404 g/mol. The van der Waals surface area contributed by atoms with E-state index in [1.807, 2.05) is 24.3 Å². The van der Waals surface area contributed by atoms with Gasteiger partial charge in [0.15, 0.2) is 5.13 Å². The van der Waals surface area contributed by atoms with Crippen LogP contribution in [0.2, 0.25) is 0 Å². The first-order chi connectivity index (χ1) is 13.6. The van der Waals surface area contributed by atoms with E-state index in [2.05, 4.69) is 20.9 Å². The zero-order chi connectivity index (χ0) is 19.8. The molecule has 1 aliphatic heterocycles. The predicted molar refractivity (Wildman–Crippen MR) is 107 cm³/mol. The number of aromatic nitrogens is 1. The van der Waals surface area contributed by atoms with Crippen LogP contribution in [0.25, 0.3) is 0 Å². The van der Waals surface area contributed by atoms with E-state index in [1.54, 1.807) is 12.5 Å². The van der Waals surface area contributed by atoms with Crippen LogP contribution < -0.4 is 20.7 Å². The summed E-state index contributed by atoms with van der Waals surface area (Å²) in [6.07, 6.45) is 2.36. The molecule has 9 heteroatoms. The van der Waals surface area contributed by atoms with Crippen molar-refractivity contribution in [1.82, 2.24) is 15.6 Å². The number of ether oxygens (including phenoxy) is 2. The summed E-state index contributed by atoms with van der Waals surface area (Å²) in [6.45, 7) is 1.55. The molecule has 0 saturated carbocycles. The average Bonchev–Trinajstić information content (AvgIpc) is 3.39. The second kappa shape index (κ2) is 10.0. The van der Waals surface area contributed by atoms with Crippen LogP contribution in [0.15, 0.2) is 29.6 Å². The number of amides is 2. The van der Waals surface area contributed by atoms with Crippen molar-refractivity contribution in [3.8, 4) is 5.75 Å². The van der Waals surface area contributed by atoms with Crippen molar-refractivity contribution >= 4 is 34.0 Å². The highest BCUT2D eigenvalue weighted by Gasteiger charge is 2.16. The van der Waals surface area contributed by atoms with Crippen LogP contribution in [0.3, 0.4) is 0 Å². The number of thiazole rings is 1. The number of methoxy groups -OCH3 is 1. The van der Waals surface area contributed by atoms with Gasteiger partial charge in [0.05, 0.1) is 13.2 Å². The molecule has 1 fully saturated rings. The summed E-state index contributed by atoms with van der Waals surface area (Å²) in [4.78, 5) is 28.3. The van der Waals surface area contributed by atoms with Gasteiger partial charge in [0.25, 0.3) is 5.91 Å². The van der Waals surface area contributed by atoms with Gasteiger partial charge in [-0.25, -0.2) is 4.98 Å². The molecule has 2 heterocycles. The van der Waals surface area contributed by atoms with Crippen LogP contribution in [0.1, 0.15) is 29.8 Å². The number of nitrogens with zero attached hydrogens (tertiary/aromatic N) is 1. The number of benzene rings is 1. The summed E-state index contributed by atoms with van der Waals surface area (Å²) in [5, 5.41) is 11.0. The predicted octanol–water partition coefficient (Wildman–Crippen LogP) is 2.31. The summed E-state index contributed by atoms with van der Waals surface area (Å²) in [5.74, 6) is 0.367. The van der Waals surface area contributed by atoms with E-state index in [0.717, 1.165) is 30.9 Å². The SMILES string of the molecule is COc1ccc(Nc2nc(C(=O)NCCC(=O)NCC3CCCO3)cs2)cc1. The molecule has 3 N–H and O–H groups in total. The average molecular weight is 404 g/mol. The Kier molecular flexibility index (Phi) is 7.21. The molecule has 150 valence electrons. The minimum absolute atomic E-state index is 0.101. The Morgan fingerprint density at radius 2 is 2.11 bits per heavy atom. The van der Waals surface area contributed by atoms with Crippen LogP contribution >= 0.6 is 11.3 Å². The highest BCUT2D eigenvalue weighted by Crippen LogP contribution is 2.22. The smallest absolute Gasteiger partial charge is 0.270 e. The Morgan fingerprint density at radius 1 is 1.29 bits per heavy atom. The summed E-state index contributed by atoms with van der Waals surface area (Å²) in [5.41, 5.74) is 1.17. The number of anilines is 2. The molecule has 2 aromatic rings. The highest BCUT2D eigenvalue weighted by atomic mass is 32.1. The molecule has 0 aliphatic carbocycles. The molecule has 1 atom stereocenters. The lowest BCUT2D eigenvalue weighted by molar-refractivity contribution is -0.121. The molecule has 2 amide bonds. The first-order valence-electron chi connectivity index (χ1n) is 9.17. The number of carbonyl (C=O) groups is 2. The maximum atomic E-state index is 12.2. The molecule has 1 aromatic carbocycles. The Hall–Kier alpha value is -2.65. The van der Waals surface area contributed by atoms with Gasteiger partial charge in [-0.15, -0.1) is 11.3 Å². The van der Waals surface area contributed by atoms with E-state index in [0.29, 0.717) is 17.4 Å². The Balaban J connectivity index is 1.39. The van der Waals surface area contributed by atoms with Gasteiger partial charge < -0.3 is 25.4 Å². The van der Waals surface area contributed by atoms with Crippen molar-refractivity contribution in [3.05, 3.63) is 35.3 Å². The minimum Gasteiger partial charge on any atom is -0.497 e. The molecule has 0 spiro atoms. The number of hydrogen-bond donors (Lipinski definition) is 3. The van der Waals surface area contributed by atoms with Crippen molar-refractivity contribution in [3.63, 3.8) is 0 Å². The van der Waals surface area contributed by atoms with Crippen molar-refractivity contribution in [2.75, 3.05) is 32.1 Å². The van der Waals surface area contributed by atoms with Crippen LogP contribution in [0.5, 0.6) is 5.75 Å². The van der Waals surface area contributed by atoms with Crippen LogP contribution in [0, 0.1) is 0 Å². The Labute approximate surface area is 167 Å². The van der Waals surface area contributed by atoms with E-state index >= 15 is 0 Å². The summed E-state index contributed by atoms with van der Waals surface area (Å²) in [6, 6.07) is 7.42. The quantitative estimate of drug-likeness (QED) is 0.593.